The van der Waals surface area contributed by atoms with E-state index in [1.807, 2.05) is 5.32 Å². The molecule has 0 unspecified atom stereocenters. The lowest BCUT2D eigenvalue weighted by molar-refractivity contribution is -0.172. The number of nitrogens with one attached hydrogen (secondary N) is 1. The van der Waals surface area contributed by atoms with E-state index in [0.717, 1.165) is 0 Å². The molecule has 2 heterocycles. The van der Waals surface area contributed by atoms with Crippen LogP contribution in [0.3, 0.4) is 0 Å². The molecule has 3 amide bonds. The average Bonchev–Trinajstić information content (AvgIpc) is 2.04. The zero-order valence-electron chi connectivity index (χ0n) is 6.38. The van der Waals surface area contributed by atoms with Crippen molar-refractivity contribution < 1.29 is 14.4 Å². The van der Waals surface area contributed by atoms with Gasteiger partial charge in [-0.05, 0) is 0 Å². The van der Waals surface area contributed by atoms with Crippen LogP contribution in [0.25, 0.3) is 0 Å². The number of carbonyl (C=O) groups is 3. The maximum atomic E-state index is 11.2. The van der Waals surface area contributed by atoms with Crippen molar-refractivity contribution >= 4 is 17.7 Å². The van der Waals surface area contributed by atoms with Crippen molar-refractivity contribution in [2.24, 2.45) is 5.41 Å². The second kappa shape index (κ2) is 1.57. The largest absolute Gasteiger partial charge is 0.316 e. The van der Waals surface area contributed by atoms with E-state index in [9.17, 15) is 14.4 Å². The Labute approximate surface area is 68.0 Å². The van der Waals surface area contributed by atoms with E-state index in [0.29, 0.717) is 0 Å². The van der Waals surface area contributed by atoms with Crippen molar-refractivity contribution in [3.63, 3.8) is 0 Å². The molecule has 62 valence electrons. The number of carbonyl (C=O) groups excluding carboxylic acids is 3. The number of hydrogen-bond donors (Lipinski definition) is 1. The first kappa shape index (κ1) is 7.02. The molecule has 0 atom stereocenters. The summed E-state index contributed by atoms with van der Waals surface area (Å²) in [5, 5.41) is 1.99. The van der Waals surface area contributed by atoms with Gasteiger partial charge in [0.15, 0.2) is 0 Å². The van der Waals surface area contributed by atoms with Crippen molar-refractivity contribution in [1.82, 2.24) is 10.2 Å². The lowest BCUT2D eigenvalue weighted by Crippen LogP contribution is -2.78. The molecular weight excluding hydrogens is 160 g/mol. The lowest BCUT2D eigenvalue weighted by atomic mass is 9.69. The van der Waals surface area contributed by atoms with Crippen molar-refractivity contribution in [1.29, 1.82) is 0 Å². The molecule has 1 N–H and O–H groups in total. The third kappa shape index (κ3) is 0.382. The van der Waals surface area contributed by atoms with Crippen LogP contribution < -0.4 is 5.32 Å². The van der Waals surface area contributed by atoms with Crippen LogP contribution in [0.1, 0.15) is 0 Å². The van der Waals surface area contributed by atoms with Gasteiger partial charge in [-0.15, -0.1) is 0 Å². The van der Waals surface area contributed by atoms with Gasteiger partial charge in [-0.25, -0.2) is 0 Å². The van der Waals surface area contributed by atoms with Crippen molar-refractivity contribution in [3.8, 4) is 0 Å². The number of rotatable bonds is 0. The van der Waals surface area contributed by atoms with Crippen LogP contribution >= 0.6 is 0 Å². The standard InChI is InChI=1S/C7H6N2O3/c1-3-7(6(12)9(3)2)4(10)8-5(7)11/h1H2,2H3,(H,8,10,11). The number of nitrogens with zero attached hydrogens (tertiary/aromatic N) is 1. The first-order valence-electron chi connectivity index (χ1n) is 3.36. The molecule has 12 heavy (non-hydrogen) atoms. The van der Waals surface area contributed by atoms with Gasteiger partial charge in [-0.1, -0.05) is 6.58 Å². The fraction of sp³-hybridized carbons (Fsp3) is 0.286. The molecular formula is C7H6N2O3. The zero-order valence-corrected chi connectivity index (χ0v) is 6.38. The van der Waals surface area contributed by atoms with Crippen LogP contribution in [0.4, 0.5) is 0 Å². The SMILES string of the molecule is C=C1N(C)C(=O)C12C(=O)NC2=O. The van der Waals surface area contributed by atoms with E-state index in [4.69, 9.17) is 0 Å². The number of amides is 3. The highest BCUT2D eigenvalue weighted by Gasteiger charge is 2.72. The molecule has 0 aliphatic carbocycles. The quantitative estimate of drug-likeness (QED) is 0.356. The normalized spacial score (nSPS) is 25.2. The molecule has 0 aromatic carbocycles. The molecule has 5 heteroatoms. The van der Waals surface area contributed by atoms with Gasteiger partial charge < -0.3 is 4.90 Å². The third-order valence-electron chi connectivity index (χ3n) is 2.37. The number of likely N-dealkylation sites (tertiary alicyclic amines) is 1. The fourth-order valence-electron chi connectivity index (χ4n) is 1.48. The molecule has 0 radical (unpaired) electrons. The molecule has 2 aliphatic rings. The molecule has 0 bridgehead atoms. The van der Waals surface area contributed by atoms with E-state index in [1.165, 1.54) is 11.9 Å². The second-order valence-electron chi connectivity index (χ2n) is 2.84. The fourth-order valence-corrected chi connectivity index (χ4v) is 1.48. The summed E-state index contributed by atoms with van der Waals surface area (Å²) in [5.41, 5.74) is -1.28. The number of β-lactam (4-membered cyclic amide) rings is 3. The van der Waals surface area contributed by atoms with Crippen LogP contribution in [0, 0.1) is 5.41 Å². The minimum absolute atomic E-state index is 0.265. The van der Waals surface area contributed by atoms with Crippen LogP contribution in [0.5, 0.6) is 0 Å². The van der Waals surface area contributed by atoms with E-state index < -0.39 is 23.1 Å². The van der Waals surface area contributed by atoms with Crippen LogP contribution in [-0.2, 0) is 14.4 Å². The Morgan fingerprint density at radius 1 is 1.33 bits per heavy atom. The monoisotopic (exact) mass is 166 g/mol. The molecule has 2 fully saturated rings. The minimum Gasteiger partial charge on any atom is -0.316 e. The summed E-state index contributed by atoms with van der Waals surface area (Å²) in [6.07, 6.45) is 0. The first-order valence-corrected chi connectivity index (χ1v) is 3.36. The summed E-state index contributed by atoms with van der Waals surface area (Å²) in [7, 11) is 1.48. The first-order chi connectivity index (χ1) is 5.52. The molecule has 2 rings (SSSR count). The smallest absolute Gasteiger partial charge is 0.258 e. The maximum absolute atomic E-state index is 11.2. The van der Waals surface area contributed by atoms with E-state index >= 15 is 0 Å². The molecule has 0 saturated carbocycles. The Balaban J connectivity index is 2.47. The van der Waals surface area contributed by atoms with E-state index in [1.54, 1.807) is 0 Å². The van der Waals surface area contributed by atoms with Crippen LogP contribution in [0.15, 0.2) is 12.3 Å². The van der Waals surface area contributed by atoms with Gasteiger partial charge in [0.25, 0.3) is 17.7 Å². The Morgan fingerprint density at radius 2 is 1.83 bits per heavy atom. The Hall–Kier alpha value is -1.65. The summed E-state index contributed by atoms with van der Waals surface area (Å²) >= 11 is 0. The van der Waals surface area contributed by atoms with Crippen LogP contribution in [-0.4, -0.2) is 29.7 Å². The molecule has 0 aromatic heterocycles. The van der Waals surface area contributed by atoms with E-state index in [2.05, 4.69) is 6.58 Å². The predicted molar refractivity (Wildman–Crippen MR) is 37.5 cm³/mol. The summed E-state index contributed by atoms with van der Waals surface area (Å²) < 4.78 is 0. The topological polar surface area (TPSA) is 66.5 Å². The summed E-state index contributed by atoms with van der Waals surface area (Å²) in [6.45, 7) is 3.49. The zero-order chi connectivity index (χ0) is 9.09. The van der Waals surface area contributed by atoms with Gasteiger partial charge in [0.2, 0.25) is 5.41 Å². The van der Waals surface area contributed by atoms with Crippen molar-refractivity contribution in [2.45, 2.75) is 0 Å². The summed E-state index contributed by atoms with van der Waals surface area (Å²) in [6, 6.07) is 0. The van der Waals surface area contributed by atoms with Crippen molar-refractivity contribution in [3.05, 3.63) is 12.3 Å². The van der Waals surface area contributed by atoms with Gasteiger partial charge in [-0.2, -0.15) is 0 Å². The molecule has 5 nitrogen and oxygen atoms in total. The predicted octanol–water partition coefficient (Wildman–Crippen LogP) is -1.39. The van der Waals surface area contributed by atoms with Gasteiger partial charge in [-0.3, -0.25) is 19.7 Å². The molecule has 2 aliphatic heterocycles. The average molecular weight is 166 g/mol. The second-order valence-corrected chi connectivity index (χ2v) is 2.84. The summed E-state index contributed by atoms with van der Waals surface area (Å²) in [5.74, 6) is -1.59. The lowest BCUT2D eigenvalue weighted by Gasteiger charge is -2.50. The number of hydrogen-bond acceptors (Lipinski definition) is 3. The van der Waals surface area contributed by atoms with Gasteiger partial charge >= 0.3 is 0 Å². The summed E-state index contributed by atoms with van der Waals surface area (Å²) in [4.78, 5) is 34.3. The Bertz CT molecular complexity index is 313. The third-order valence-corrected chi connectivity index (χ3v) is 2.37. The minimum atomic E-state index is -1.55. The molecule has 2 saturated heterocycles. The van der Waals surface area contributed by atoms with Gasteiger partial charge in [0.05, 0.1) is 0 Å². The Kier molecular flexibility index (Phi) is 0.921. The Morgan fingerprint density at radius 3 is 2.08 bits per heavy atom. The maximum Gasteiger partial charge on any atom is 0.258 e. The van der Waals surface area contributed by atoms with Crippen molar-refractivity contribution in [2.75, 3.05) is 7.05 Å². The van der Waals surface area contributed by atoms with Crippen LogP contribution in [0.2, 0.25) is 0 Å². The molecule has 0 aromatic rings. The van der Waals surface area contributed by atoms with Gasteiger partial charge in [0.1, 0.15) is 0 Å². The van der Waals surface area contributed by atoms with Gasteiger partial charge in [0, 0.05) is 12.7 Å². The number of imide groups is 1. The molecule has 1 spiro atoms. The highest BCUT2D eigenvalue weighted by molar-refractivity contribution is 6.39. The highest BCUT2D eigenvalue weighted by Crippen LogP contribution is 2.45. The highest BCUT2D eigenvalue weighted by atomic mass is 16.2. The van der Waals surface area contributed by atoms with E-state index in [-0.39, 0.29) is 5.70 Å².